The van der Waals surface area contributed by atoms with E-state index in [0.29, 0.717) is 0 Å². The fourth-order valence-corrected chi connectivity index (χ4v) is 1.91. The molecule has 0 atom stereocenters. The molecule has 2 rings (SSSR count). The molecule has 0 unspecified atom stereocenters. The van der Waals surface area contributed by atoms with Gasteiger partial charge in [-0.25, -0.2) is 0 Å². The summed E-state index contributed by atoms with van der Waals surface area (Å²) in [6.07, 6.45) is 0. The zero-order valence-corrected chi connectivity index (χ0v) is 8.36. The molecule has 0 aromatic heterocycles. The van der Waals surface area contributed by atoms with E-state index in [0.717, 1.165) is 23.7 Å². The van der Waals surface area contributed by atoms with Crippen molar-refractivity contribution >= 4 is 11.6 Å². The molecule has 1 aliphatic heterocycles. The van der Waals surface area contributed by atoms with Crippen molar-refractivity contribution < 1.29 is 0 Å². The highest BCUT2D eigenvalue weighted by atomic mass is 35.5. The maximum atomic E-state index is 6.17. The SMILES string of the molecule is Cc1c(Cl)cccc1C1(N)CNC1. The van der Waals surface area contributed by atoms with Crippen LogP contribution >= 0.6 is 11.6 Å². The molecule has 13 heavy (non-hydrogen) atoms. The lowest BCUT2D eigenvalue weighted by Crippen LogP contribution is -2.63. The van der Waals surface area contributed by atoms with Crippen LogP contribution in [0, 0.1) is 6.92 Å². The van der Waals surface area contributed by atoms with Crippen LogP contribution < -0.4 is 11.1 Å². The smallest absolute Gasteiger partial charge is 0.0665 e. The Bertz CT molecular complexity index is 332. The van der Waals surface area contributed by atoms with Gasteiger partial charge in [0.15, 0.2) is 0 Å². The summed E-state index contributed by atoms with van der Waals surface area (Å²) < 4.78 is 0. The van der Waals surface area contributed by atoms with Crippen molar-refractivity contribution in [2.24, 2.45) is 5.73 Å². The third-order valence-corrected chi connectivity index (χ3v) is 3.09. The van der Waals surface area contributed by atoms with Gasteiger partial charge >= 0.3 is 0 Å². The average Bonchev–Trinajstić information content (AvgIpc) is 2.06. The maximum absolute atomic E-state index is 6.17. The number of nitrogens with two attached hydrogens (primary N) is 1. The Morgan fingerprint density at radius 1 is 1.46 bits per heavy atom. The Morgan fingerprint density at radius 3 is 2.69 bits per heavy atom. The lowest BCUT2D eigenvalue weighted by molar-refractivity contribution is 0.286. The van der Waals surface area contributed by atoms with Crippen LogP contribution in [0.3, 0.4) is 0 Å². The van der Waals surface area contributed by atoms with Crippen molar-refractivity contribution in [2.45, 2.75) is 12.5 Å². The summed E-state index contributed by atoms with van der Waals surface area (Å²) in [7, 11) is 0. The molecule has 0 saturated carbocycles. The van der Waals surface area contributed by atoms with Crippen LogP contribution in [-0.2, 0) is 5.54 Å². The molecule has 0 radical (unpaired) electrons. The zero-order chi connectivity index (χ0) is 9.47. The van der Waals surface area contributed by atoms with Crippen molar-refractivity contribution in [3.8, 4) is 0 Å². The van der Waals surface area contributed by atoms with E-state index in [1.54, 1.807) is 0 Å². The second-order valence-electron chi connectivity index (χ2n) is 3.67. The van der Waals surface area contributed by atoms with Gasteiger partial charge in [0.25, 0.3) is 0 Å². The second-order valence-corrected chi connectivity index (χ2v) is 4.08. The van der Waals surface area contributed by atoms with Gasteiger partial charge in [0, 0.05) is 18.1 Å². The highest BCUT2D eigenvalue weighted by Crippen LogP contribution is 2.29. The predicted molar refractivity (Wildman–Crippen MR) is 54.9 cm³/mol. The van der Waals surface area contributed by atoms with E-state index in [1.807, 2.05) is 19.1 Å². The normalized spacial score (nSPS) is 19.6. The molecule has 1 aromatic rings. The number of halogens is 1. The van der Waals surface area contributed by atoms with E-state index in [4.69, 9.17) is 17.3 Å². The molecule has 3 N–H and O–H groups in total. The predicted octanol–water partition coefficient (Wildman–Crippen LogP) is 1.41. The number of nitrogens with one attached hydrogen (secondary N) is 1. The first kappa shape index (κ1) is 9.00. The fraction of sp³-hybridized carbons (Fsp3) is 0.400. The first-order valence-corrected chi connectivity index (χ1v) is 4.76. The monoisotopic (exact) mass is 196 g/mol. The van der Waals surface area contributed by atoms with Gasteiger partial charge in [-0.2, -0.15) is 0 Å². The minimum atomic E-state index is -0.199. The third-order valence-electron chi connectivity index (χ3n) is 2.68. The Kier molecular flexibility index (Phi) is 2.06. The van der Waals surface area contributed by atoms with Gasteiger partial charge in [0.2, 0.25) is 0 Å². The Balaban J connectivity index is 2.45. The Morgan fingerprint density at radius 2 is 2.15 bits per heavy atom. The number of hydrogen-bond donors (Lipinski definition) is 2. The van der Waals surface area contributed by atoms with Crippen molar-refractivity contribution in [1.82, 2.24) is 5.32 Å². The summed E-state index contributed by atoms with van der Waals surface area (Å²) in [6, 6.07) is 5.91. The molecule has 1 aromatic carbocycles. The summed E-state index contributed by atoms with van der Waals surface area (Å²) in [6.45, 7) is 3.70. The lowest BCUT2D eigenvalue weighted by Gasteiger charge is -2.40. The minimum absolute atomic E-state index is 0.199. The molecule has 0 aliphatic carbocycles. The highest BCUT2D eigenvalue weighted by molar-refractivity contribution is 6.31. The molecule has 0 amide bonds. The van der Waals surface area contributed by atoms with E-state index in [2.05, 4.69) is 11.4 Å². The van der Waals surface area contributed by atoms with Crippen molar-refractivity contribution in [1.29, 1.82) is 0 Å². The van der Waals surface area contributed by atoms with Gasteiger partial charge in [0.05, 0.1) is 5.54 Å². The highest BCUT2D eigenvalue weighted by Gasteiger charge is 2.35. The first-order valence-electron chi connectivity index (χ1n) is 4.39. The molecular weight excluding hydrogens is 184 g/mol. The van der Waals surface area contributed by atoms with Gasteiger partial charge < -0.3 is 11.1 Å². The summed E-state index contributed by atoms with van der Waals surface area (Å²) in [5.41, 5.74) is 8.24. The summed E-state index contributed by atoms with van der Waals surface area (Å²) in [5.74, 6) is 0. The van der Waals surface area contributed by atoms with Crippen LogP contribution in [-0.4, -0.2) is 13.1 Å². The lowest BCUT2D eigenvalue weighted by atomic mass is 9.83. The molecule has 3 heteroatoms. The zero-order valence-electron chi connectivity index (χ0n) is 7.60. The van der Waals surface area contributed by atoms with Crippen molar-refractivity contribution in [3.63, 3.8) is 0 Å². The van der Waals surface area contributed by atoms with Gasteiger partial charge in [-0.15, -0.1) is 0 Å². The van der Waals surface area contributed by atoms with Gasteiger partial charge in [-0.1, -0.05) is 23.7 Å². The maximum Gasteiger partial charge on any atom is 0.0665 e. The summed E-state index contributed by atoms with van der Waals surface area (Å²) in [4.78, 5) is 0. The quantitative estimate of drug-likeness (QED) is 0.713. The second kappa shape index (κ2) is 2.98. The molecular formula is C10H13ClN2. The number of rotatable bonds is 1. The molecule has 2 nitrogen and oxygen atoms in total. The van der Waals surface area contributed by atoms with Crippen LogP contribution in [0.1, 0.15) is 11.1 Å². The molecule has 70 valence electrons. The van der Waals surface area contributed by atoms with Crippen LogP contribution in [0.15, 0.2) is 18.2 Å². The molecule has 1 saturated heterocycles. The van der Waals surface area contributed by atoms with E-state index in [1.165, 1.54) is 5.56 Å². The molecule has 1 aliphatic rings. The first-order chi connectivity index (χ1) is 6.13. The average molecular weight is 197 g/mol. The third kappa shape index (κ3) is 1.35. The number of hydrogen-bond acceptors (Lipinski definition) is 2. The van der Waals surface area contributed by atoms with Crippen LogP contribution in [0.2, 0.25) is 5.02 Å². The van der Waals surface area contributed by atoms with Crippen LogP contribution in [0.4, 0.5) is 0 Å². The van der Waals surface area contributed by atoms with Crippen LogP contribution in [0.25, 0.3) is 0 Å². The van der Waals surface area contributed by atoms with E-state index in [-0.39, 0.29) is 5.54 Å². The molecule has 0 spiro atoms. The summed E-state index contributed by atoms with van der Waals surface area (Å²) in [5, 5.41) is 3.98. The van der Waals surface area contributed by atoms with Gasteiger partial charge in [0.1, 0.15) is 0 Å². The van der Waals surface area contributed by atoms with E-state index < -0.39 is 0 Å². The van der Waals surface area contributed by atoms with Crippen molar-refractivity contribution in [3.05, 3.63) is 34.3 Å². The molecule has 0 bridgehead atoms. The van der Waals surface area contributed by atoms with E-state index >= 15 is 0 Å². The van der Waals surface area contributed by atoms with Crippen LogP contribution in [0.5, 0.6) is 0 Å². The largest absolute Gasteiger partial charge is 0.319 e. The Hall–Kier alpha value is -0.570. The number of benzene rings is 1. The topological polar surface area (TPSA) is 38.0 Å². The fourth-order valence-electron chi connectivity index (χ4n) is 1.73. The molecule has 1 heterocycles. The van der Waals surface area contributed by atoms with Gasteiger partial charge in [-0.05, 0) is 24.1 Å². The Labute approximate surface area is 83.1 Å². The van der Waals surface area contributed by atoms with E-state index in [9.17, 15) is 0 Å². The van der Waals surface area contributed by atoms with Gasteiger partial charge in [-0.3, -0.25) is 0 Å². The minimum Gasteiger partial charge on any atom is -0.319 e. The standard InChI is InChI=1S/C10H13ClN2/c1-7-8(3-2-4-9(7)11)10(12)5-13-6-10/h2-4,13H,5-6,12H2,1H3. The molecule has 1 fully saturated rings. The summed E-state index contributed by atoms with van der Waals surface area (Å²) >= 11 is 6.02. The van der Waals surface area contributed by atoms with Crippen molar-refractivity contribution in [2.75, 3.05) is 13.1 Å².